The lowest BCUT2D eigenvalue weighted by Crippen LogP contribution is -2.48. The first-order valence-corrected chi connectivity index (χ1v) is 7.13. The van der Waals surface area contributed by atoms with Crippen molar-refractivity contribution >= 4 is 5.69 Å². The van der Waals surface area contributed by atoms with Crippen molar-refractivity contribution in [3.8, 4) is 0 Å². The van der Waals surface area contributed by atoms with E-state index >= 15 is 0 Å². The van der Waals surface area contributed by atoms with Gasteiger partial charge in [0.15, 0.2) is 0 Å². The second-order valence-electron chi connectivity index (χ2n) is 4.91. The molecule has 0 saturated carbocycles. The van der Waals surface area contributed by atoms with Gasteiger partial charge in [-0.15, -0.1) is 0 Å². The fourth-order valence-electron chi connectivity index (χ4n) is 2.41. The Morgan fingerprint density at radius 2 is 1.72 bits per heavy atom. The minimum atomic E-state index is 1.12. The lowest BCUT2D eigenvalue weighted by Gasteiger charge is -2.36. The van der Waals surface area contributed by atoms with E-state index in [0.29, 0.717) is 0 Å². The summed E-state index contributed by atoms with van der Waals surface area (Å²) in [6.45, 7) is 10.3. The zero-order valence-electron chi connectivity index (χ0n) is 11.4. The molecule has 0 spiro atoms. The van der Waals surface area contributed by atoms with Gasteiger partial charge in [-0.05, 0) is 25.1 Å². The Morgan fingerprint density at radius 1 is 1.00 bits per heavy atom. The number of anilines is 1. The van der Waals surface area contributed by atoms with E-state index in [2.05, 4.69) is 52.4 Å². The van der Waals surface area contributed by atoms with Crippen LogP contribution in [0.1, 0.15) is 13.3 Å². The van der Waals surface area contributed by atoms with Crippen LogP contribution in [0.2, 0.25) is 0 Å². The van der Waals surface area contributed by atoms with E-state index < -0.39 is 0 Å². The summed E-state index contributed by atoms with van der Waals surface area (Å²) in [6, 6.07) is 10.7. The van der Waals surface area contributed by atoms with Gasteiger partial charge in [-0.25, -0.2) is 0 Å². The van der Waals surface area contributed by atoms with Crippen LogP contribution in [0.3, 0.4) is 0 Å². The van der Waals surface area contributed by atoms with E-state index in [1.165, 1.54) is 31.7 Å². The molecule has 1 heterocycles. The van der Waals surface area contributed by atoms with Gasteiger partial charge in [-0.2, -0.15) is 0 Å². The van der Waals surface area contributed by atoms with Gasteiger partial charge in [0.05, 0.1) is 0 Å². The summed E-state index contributed by atoms with van der Waals surface area (Å²) in [6.07, 6.45) is 1.22. The van der Waals surface area contributed by atoms with Crippen molar-refractivity contribution in [3.05, 3.63) is 30.3 Å². The lowest BCUT2D eigenvalue weighted by atomic mass is 10.2. The molecule has 100 valence electrons. The minimum absolute atomic E-state index is 1.12. The van der Waals surface area contributed by atoms with Crippen LogP contribution in [0.5, 0.6) is 0 Å². The zero-order chi connectivity index (χ0) is 12.6. The summed E-state index contributed by atoms with van der Waals surface area (Å²) < 4.78 is 0. The molecule has 1 aromatic carbocycles. The average Bonchev–Trinajstić information content (AvgIpc) is 2.45. The summed E-state index contributed by atoms with van der Waals surface area (Å²) in [4.78, 5) is 5.04. The van der Waals surface area contributed by atoms with E-state index in [-0.39, 0.29) is 0 Å². The molecular formula is C15H25N3. The molecule has 0 bridgehead atoms. The van der Waals surface area contributed by atoms with Gasteiger partial charge in [-0.3, -0.25) is 4.90 Å². The summed E-state index contributed by atoms with van der Waals surface area (Å²) >= 11 is 0. The molecular weight excluding hydrogens is 222 g/mol. The van der Waals surface area contributed by atoms with Crippen LogP contribution in [0, 0.1) is 0 Å². The molecule has 3 nitrogen and oxygen atoms in total. The summed E-state index contributed by atoms with van der Waals surface area (Å²) in [7, 11) is 0. The largest absolute Gasteiger partial charge is 0.369 e. The highest BCUT2D eigenvalue weighted by atomic mass is 15.3. The van der Waals surface area contributed by atoms with E-state index in [9.17, 15) is 0 Å². The molecule has 2 rings (SSSR count). The normalized spacial score (nSPS) is 17.1. The van der Waals surface area contributed by atoms with Crippen LogP contribution in [-0.2, 0) is 0 Å². The molecule has 3 heteroatoms. The molecule has 0 radical (unpaired) electrons. The fourth-order valence-corrected chi connectivity index (χ4v) is 2.41. The highest BCUT2D eigenvalue weighted by Gasteiger charge is 2.16. The molecule has 0 aromatic heterocycles. The van der Waals surface area contributed by atoms with Gasteiger partial charge < -0.3 is 10.2 Å². The van der Waals surface area contributed by atoms with Gasteiger partial charge in [0, 0.05) is 45.0 Å². The van der Waals surface area contributed by atoms with Gasteiger partial charge in [-0.1, -0.05) is 25.1 Å². The highest BCUT2D eigenvalue weighted by Crippen LogP contribution is 2.15. The average molecular weight is 247 g/mol. The summed E-state index contributed by atoms with van der Waals surface area (Å²) in [5, 5.41) is 3.47. The first-order valence-electron chi connectivity index (χ1n) is 7.13. The Hall–Kier alpha value is -1.06. The third kappa shape index (κ3) is 4.00. The standard InChI is InChI=1S/C15H25N3/c1-2-8-16-9-10-17-11-13-18(14-12-17)15-6-4-3-5-7-15/h3-7,16H,2,8-14H2,1H3. The smallest absolute Gasteiger partial charge is 0.0367 e. The second-order valence-corrected chi connectivity index (χ2v) is 4.91. The monoisotopic (exact) mass is 247 g/mol. The molecule has 18 heavy (non-hydrogen) atoms. The third-order valence-electron chi connectivity index (χ3n) is 3.53. The Labute approximate surface area is 111 Å². The third-order valence-corrected chi connectivity index (χ3v) is 3.53. The fraction of sp³-hybridized carbons (Fsp3) is 0.600. The SMILES string of the molecule is CCCNCCN1CCN(c2ccccc2)CC1. The zero-order valence-corrected chi connectivity index (χ0v) is 11.4. The Morgan fingerprint density at radius 3 is 2.39 bits per heavy atom. The van der Waals surface area contributed by atoms with Gasteiger partial charge in [0.25, 0.3) is 0 Å². The molecule has 0 aliphatic carbocycles. The molecule has 1 fully saturated rings. The maximum Gasteiger partial charge on any atom is 0.0367 e. The van der Waals surface area contributed by atoms with Crippen molar-refractivity contribution in [1.82, 2.24) is 10.2 Å². The number of para-hydroxylation sites is 1. The van der Waals surface area contributed by atoms with Crippen molar-refractivity contribution in [2.24, 2.45) is 0 Å². The highest BCUT2D eigenvalue weighted by molar-refractivity contribution is 5.46. The van der Waals surface area contributed by atoms with E-state index in [1.54, 1.807) is 0 Å². The van der Waals surface area contributed by atoms with Crippen molar-refractivity contribution < 1.29 is 0 Å². The molecule has 0 unspecified atom stereocenters. The van der Waals surface area contributed by atoms with Crippen molar-refractivity contribution in [3.63, 3.8) is 0 Å². The maximum atomic E-state index is 3.47. The van der Waals surface area contributed by atoms with E-state index in [1.807, 2.05) is 0 Å². The van der Waals surface area contributed by atoms with Crippen LogP contribution < -0.4 is 10.2 Å². The molecule has 1 N–H and O–H groups in total. The quantitative estimate of drug-likeness (QED) is 0.774. The number of piperazine rings is 1. The summed E-state index contributed by atoms with van der Waals surface area (Å²) in [5.41, 5.74) is 1.36. The first kappa shape index (κ1) is 13.4. The molecule has 0 atom stereocenters. The van der Waals surface area contributed by atoms with E-state index in [4.69, 9.17) is 0 Å². The number of nitrogens with one attached hydrogen (secondary N) is 1. The topological polar surface area (TPSA) is 18.5 Å². The lowest BCUT2D eigenvalue weighted by molar-refractivity contribution is 0.258. The Balaban J connectivity index is 1.68. The number of hydrogen-bond donors (Lipinski definition) is 1. The Kier molecular flexibility index (Phi) is 5.49. The predicted molar refractivity (Wildman–Crippen MR) is 78.3 cm³/mol. The van der Waals surface area contributed by atoms with Crippen LogP contribution in [0.4, 0.5) is 5.69 Å². The van der Waals surface area contributed by atoms with Crippen LogP contribution in [-0.4, -0.2) is 50.7 Å². The van der Waals surface area contributed by atoms with Gasteiger partial charge in [0.2, 0.25) is 0 Å². The molecule has 1 aromatic rings. The van der Waals surface area contributed by atoms with Crippen LogP contribution >= 0.6 is 0 Å². The molecule has 1 aliphatic heterocycles. The Bertz CT molecular complexity index is 318. The second kappa shape index (κ2) is 7.39. The number of rotatable bonds is 6. The van der Waals surface area contributed by atoms with Gasteiger partial charge >= 0.3 is 0 Å². The van der Waals surface area contributed by atoms with Crippen molar-refractivity contribution in [2.45, 2.75) is 13.3 Å². The van der Waals surface area contributed by atoms with Crippen LogP contribution in [0.15, 0.2) is 30.3 Å². The minimum Gasteiger partial charge on any atom is -0.369 e. The van der Waals surface area contributed by atoms with E-state index in [0.717, 1.165) is 26.2 Å². The predicted octanol–water partition coefficient (Wildman–Crippen LogP) is 1.81. The number of benzene rings is 1. The van der Waals surface area contributed by atoms with Crippen molar-refractivity contribution in [1.29, 1.82) is 0 Å². The van der Waals surface area contributed by atoms with Crippen LogP contribution in [0.25, 0.3) is 0 Å². The maximum absolute atomic E-state index is 3.47. The first-order chi connectivity index (χ1) is 8.90. The van der Waals surface area contributed by atoms with Crippen molar-refractivity contribution in [2.75, 3.05) is 50.7 Å². The van der Waals surface area contributed by atoms with Gasteiger partial charge in [0.1, 0.15) is 0 Å². The summed E-state index contributed by atoms with van der Waals surface area (Å²) in [5.74, 6) is 0. The molecule has 1 saturated heterocycles. The number of nitrogens with zero attached hydrogens (tertiary/aromatic N) is 2. The molecule has 1 aliphatic rings. The molecule has 0 amide bonds. The number of hydrogen-bond acceptors (Lipinski definition) is 3.